The number of thiophene rings is 1. The van der Waals surface area contributed by atoms with Crippen LogP contribution in [0.4, 0.5) is 0 Å². The highest BCUT2D eigenvalue weighted by molar-refractivity contribution is 7.13. The Morgan fingerprint density at radius 1 is 1.56 bits per heavy atom. The average molecular weight is 264 g/mol. The molecule has 2 aromatic rings. The molecule has 1 saturated heterocycles. The van der Waals surface area contributed by atoms with Gasteiger partial charge < -0.3 is 10.3 Å². The molecule has 96 valence electrons. The van der Waals surface area contributed by atoms with E-state index in [1.54, 1.807) is 11.3 Å². The van der Waals surface area contributed by atoms with Crippen molar-refractivity contribution in [2.45, 2.75) is 25.4 Å². The van der Waals surface area contributed by atoms with Gasteiger partial charge in [0.15, 0.2) is 0 Å². The van der Waals surface area contributed by atoms with Crippen LogP contribution in [0.3, 0.4) is 0 Å². The molecule has 0 bridgehead atoms. The molecule has 2 N–H and O–H groups in total. The van der Waals surface area contributed by atoms with Gasteiger partial charge in [0, 0.05) is 12.6 Å². The molecule has 0 radical (unpaired) electrons. The Balaban J connectivity index is 1.66. The molecule has 1 fully saturated rings. The zero-order chi connectivity index (χ0) is 12.4. The third-order valence-corrected chi connectivity index (χ3v) is 3.98. The summed E-state index contributed by atoms with van der Waals surface area (Å²) in [6.07, 6.45) is 2.26. The highest BCUT2D eigenvalue weighted by Gasteiger charge is 2.19. The van der Waals surface area contributed by atoms with Gasteiger partial charge in [0.05, 0.1) is 11.4 Å². The molecular weight excluding hydrogens is 248 g/mol. The SMILES string of the molecule is N[C@@H]1CCCN(Cc2nc(-c3cccs3)no2)C1. The zero-order valence-corrected chi connectivity index (χ0v) is 10.9. The molecule has 3 rings (SSSR count). The van der Waals surface area contributed by atoms with Crippen LogP contribution in [-0.4, -0.2) is 34.2 Å². The number of hydrogen-bond donors (Lipinski definition) is 1. The lowest BCUT2D eigenvalue weighted by atomic mass is 10.1. The van der Waals surface area contributed by atoms with Crippen LogP contribution < -0.4 is 5.73 Å². The van der Waals surface area contributed by atoms with Crippen LogP contribution >= 0.6 is 11.3 Å². The summed E-state index contributed by atoms with van der Waals surface area (Å²) in [5.41, 5.74) is 5.95. The van der Waals surface area contributed by atoms with E-state index in [0.717, 1.165) is 30.8 Å². The smallest absolute Gasteiger partial charge is 0.241 e. The second kappa shape index (κ2) is 5.17. The monoisotopic (exact) mass is 264 g/mol. The minimum Gasteiger partial charge on any atom is -0.338 e. The minimum atomic E-state index is 0.276. The summed E-state index contributed by atoms with van der Waals surface area (Å²) in [5.74, 6) is 1.36. The molecule has 1 aliphatic heterocycles. The average Bonchev–Trinajstić information content (AvgIpc) is 2.98. The second-order valence-corrected chi connectivity index (χ2v) is 5.57. The largest absolute Gasteiger partial charge is 0.338 e. The number of hydrogen-bond acceptors (Lipinski definition) is 6. The Morgan fingerprint density at radius 3 is 3.28 bits per heavy atom. The van der Waals surface area contributed by atoms with Gasteiger partial charge in [-0.15, -0.1) is 11.3 Å². The van der Waals surface area contributed by atoms with E-state index in [4.69, 9.17) is 10.3 Å². The molecule has 0 spiro atoms. The van der Waals surface area contributed by atoms with Crippen molar-refractivity contribution in [3.8, 4) is 10.7 Å². The molecule has 0 saturated carbocycles. The second-order valence-electron chi connectivity index (χ2n) is 4.63. The van der Waals surface area contributed by atoms with Gasteiger partial charge in [0.1, 0.15) is 0 Å². The van der Waals surface area contributed by atoms with Gasteiger partial charge in [-0.05, 0) is 30.8 Å². The normalized spacial score (nSPS) is 21.3. The maximum Gasteiger partial charge on any atom is 0.241 e. The molecule has 0 aromatic carbocycles. The van der Waals surface area contributed by atoms with Crippen LogP contribution in [0.15, 0.2) is 22.0 Å². The fourth-order valence-electron chi connectivity index (χ4n) is 2.25. The first-order chi connectivity index (χ1) is 8.81. The zero-order valence-electron chi connectivity index (χ0n) is 10.1. The summed E-state index contributed by atoms with van der Waals surface area (Å²) in [6.45, 7) is 2.67. The van der Waals surface area contributed by atoms with Crippen molar-refractivity contribution in [2.24, 2.45) is 5.73 Å². The van der Waals surface area contributed by atoms with Crippen molar-refractivity contribution in [3.63, 3.8) is 0 Å². The molecule has 0 amide bonds. The summed E-state index contributed by atoms with van der Waals surface area (Å²) in [4.78, 5) is 7.74. The van der Waals surface area contributed by atoms with Crippen LogP contribution in [0.25, 0.3) is 10.7 Å². The van der Waals surface area contributed by atoms with Crippen molar-refractivity contribution in [1.82, 2.24) is 15.0 Å². The summed E-state index contributed by atoms with van der Waals surface area (Å²) < 4.78 is 5.29. The third kappa shape index (κ3) is 2.60. The van der Waals surface area contributed by atoms with Crippen LogP contribution in [-0.2, 0) is 6.54 Å². The van der Waals surface area contributed by atoms with E-state index in [0.29, 0.717) is 18.3 Å². The number of aromatic nitrogens is 2. The number of likely N-dealkylation sites (tertiary alicyclic amines) is 1. The maximum absolute atomic E-state index is 5.95. The predicted molar refractivity (Wildman–Crippen MR) is 70.1 cm³/mol. The van der Waals surface area contributed by atoms with Crippen molar-refractivity contribution < 1.29 is 4.52 Å². The van der Waals surface area contributed by atoms with Gasteiger partial charge in [-0.3, -0.25) is 4.90 Å². The molecule has 0 unspecified atom stereocenters. The van der Waals surface area contributed by atoms with E-state index in [1.165, 1.54) is 0 Å². The van der Waals surface area contributed by atoms with Gasteiger partial charge >= 0.3 is 0 Å². The van der Waals surface area contributed by atoms with Gasteiger partial charge in [-0.2, -0.15) is 4.98 Å². The topological polar surface area (TPSA) is 68.2 Å². The predicted octanol–water partition coefficient (Wildman–Crippen LogP) is 1.72. The molecular formula is C12H16N4OS. The van der Waals surface area contributed by atoms with E-state index < -0.39 is 0 Å². The van der Waals surface area contributed by atoms with E-state index >= 15 is 0 Å². The molecule has 0 aliphatic carbocycles. The lowest BCUT2D eigenvalue weighted by Crippen LogP contribution is -2.42. The van der Waals surface area contributed by atoms with E-state index in [-0.39, 0.29) is 6.04 Å². The number of nitrogens with zero attached hydrogens (tertiary/aromatic N) is 3. The fourth-order valence-corrected chi connectivity index (χ4v) is 2.90. The fraction of sp³-hybridized carbons (Fsp3) is 0.500. The molecule has 18 heavy (non-hydrogen) atoms. The van der Waals surface area contributed by atoms with E-state index in [2.05, 4.69) is 15.0 Å². The molecule has 6 heteroatoms. The summed E-state index contributed by atoms with van der Waals surface area (Å²) in [7, 11) is 0. The Kier molecular flexibility index (Phi) is 3.40. The standard InChI is InChI=1S/C12H16N4OS/c13-9-3-1-5-16(7-9)8-11-14-12(15-17-11)10-4-2-6-18-10/h2,4,6,9H,1,3,5,7-8,13H2/t9-/m1/s1. The third-order valence-electron chi connectivity index (χ3n) is 3.11. The van der Waals surface area contributed by atoms with Gasteiger partial charge in [-0.1, -0.05) is 11.2 Å². The summed E-state index contributed by atoms with van der Waals surface area (Å²) >= 11 is 1.62. The number of piperidine rings is 1. The van der Waals surface area contributed by atoms with Gasteiger partial charge in [-0.25, -0.2) is 0 Å². The summed E-state index contributed by atoms with van der Waals surface area (Å²) in [5, 5.41) is 6.02. The first-order valence-electron chi connectivity index (χ1n) is 6.15. The molecule has 1 atom stereocenters. The lowest BCUT2D eigenvalue weighted by molar-refractivity contribution is 0.178. The van der Waals surface area contributed by atoms with E-state index in [9.17, 15) is 0 Å². The molecule has 3 heterocycles. The Morgan fingerprint density at radius 2 is 2.50 bits per heavy atom. The van der Waals surface area contributed by atoms with Crippen LogP contribution in [0.5, 0.6) is 0 Å². The van der Waals surface area contributed by atoms with E-state index in [1.807, 2.05) is 17.5 Å². The minimum absolute atomic E-state index is 0.276. The maximum atomic E-state index is 5.95. The van der Waals surface area contributed by atoms with Crippen LogP contribution in [0.1, 0.15) is 18.7 Å². The first-order valence-corrected chi connectivity index (χ1v) is 7.03. The summed E-state index contributed by atoms with van der Waals surface area (Å²) in [6, 6.07) is 4.26. The van der Waals surface area contributed by atoms with Crippen molar-refractivity contribution in [2.75, 3.05) is 13.1 Å². The Hall–Kier alpha value is -1.24. The first kappa shape index (κ1) is 11.8. The van der Waals surface area contributed by atoms with Crippen molar-refractivity contribution in [3.05, 3.63) is 23.4 Å². The van der Waals surface area contributed by atoms with Crippen molar-refractivity contribution in [1.29, 1.82) is 0 Å². The molecule has 5 nitrogen and oxygen atoms in total. The Bertz CT molecular complexity index is 496. The quantitative estimate of drug-likeness (QED) is 0.914. The highest BCUT2D eigenvalue weighted by atomic mass is 32.1. The Labute approximate surface area is 110 Å². The molecule has 2 aromatic heterocycles. The lowest BCUT2D eigenvalue weighted by Gasteiger charge is -2.29. The number of nitrogens with two attached hydrogens (primary N) is 1. The highest BCUT2D eigenvalue weighted by Crippen LogP contribution is 2.22. The number of rotatable bonds is 3. The van der Waals surface area contributed by atoms with Crippen molar-refractivity contribution >= 4 is 11.3 Å². The van der Waals surface area contributed by atoms with Gasteiger partial charge in [0.25, 0.3) is 0 Å². The molecule has 1 aliphatic rings. The van der Waals surface area contributed by atoms with Gasteiger partial charge in [0.2, 0.25) is 11.7 Å². The van der Waals surface area contributed by atoms with Crippen LogP contribution in [0, 0.1) is 0 Å². The van der Waals surface area contributed by atoms with Crippen LogP contribution in [0.2, 0.25) is 0 Å².